The van der Waals surface area contributed by atoms with E-state index in [4.69, 9.17) is 4.74 Å². The molecule has 1 amide bonds. The Hall–Kier alpha value is -2.67. The minimum atomic E-state index is -0.315. The third-order valence-electron chi connectivity index (χ3n) is 5.67. The van der Waals surface area contributed by atoms with Crippen LogP contribution >= 0.6 is 0 Å². The van der Waals surface area contributed by atoms with E-state index in [0.717, 1.165) is 43.0 Å². The van der Waals surface area contributed by atoms with Crippen molar-refractivity contribution in [2.24, 2.45) is 15.9 Å². The minimum absolute atomic E-state index is 0.115. The molecule has 1 aromatic carbocycles. The van der Waals surface area contributed by atoms with Crippen molar-refractivity contribution < 1.29 is 9.53 Å². The summed E-state index contributed by atoms with van der Waals surface area (Å²) in [4.78, 5) is 20.3. The number of amides is 1. The van der Waals surface area contributed by atoms with Crippen LogP contribution in [0, 0.1) is 12.8 Å². The van der Waals surface area contributed by atoms with Crippen LogP contribution in [-0.4, -0.2) is 46.3 Å². The van der Waals surface area contributed by atoms with Crippen molar-refractivity contribution in [1.82, 2.24) is 14.8 Å². The van der Waals surface area contributed by atoms with Gasteiger partial charge in [0.15, 0.2) is 5.82 Å². The number of aryl methyl sites for hydroxylation is 1. The van der Waals surface area contributed by atoms with E-state index in [2.05, 4.69) is 55.9 Å². The molecular weight excluding hydrogens is 354 g/mol. The van der Waals surface area contributed by atoms with E-state index in [1.165, 1.54) is 11.8 Å². The number of aliphatic imine (C=N–C) groups is 2. The molecule has 2 heterocycles. The summed E-state index contributed by atoms with van der Waals surface area (Å²) in [6.45, 7) is 2.49. The molecule has 4 rings (SSSR count). The van der Waals surface area contributed by atoms with Gasteiger partial charge in [0, 0.05) is 31.1 Å². The summed E-state index contributed by atoms with van der Waals surface area (Å²) >= 11 is 0. The van der Waals surface area contributed by atoms with Gasteiger partial charge in [-0.05, 0) is 50.7 Å². The van der Waals surface area contributed by atoms with E-state index in [9.17, 15) is 4.79 Å². The zero-order valence-corrected chi connectivity index (χ0v) is 16.3. The molecule has 2 aromatic rings. The largest absolute Gasteiger partial charge is 0.377 e. The lowest BCUT2D eigenvalue weighted by Crippen LogP contribution is -2.32. The highest BCUT2D eigenvalue weighted by atomic mass is 16.5. The van der Waals surface area contributed by atoms with Crippen LogP contribution < -0.4 is 0 Å². The number of hydrogen-bond acceptors (Lipinski definition) is 5. The van der Waals surface area contributed by atoms with Crippen molar-refractivity contribution in [3.63, 3.8) is 0 Å². The fraction of sp³-hybridized carbons (Fsp3) is 0.476. The maximum absolute atomic E-state index is 12.0. The topological polar surface area (TPSA) is 81.7 Å². The Balaban J connectivity index is 1.55. The molecule has 28 heavy (non-hydrogen) atoms. The summed E-state index contributed by atoms with van der Waals surface area (Å²) in [5.41, 5.74) is 2.27. The molecule has 1 unspecified atom stereocenters. The molecule has 1 aliphatic heterocycles. The first-order valence-corrected chi connectivity index (χ1v) is 9.77. The van der Waals surface area contributed by atoms with E-state index in [1.54, 1.807) is 13.3 Å². The fourth-order valence-corrected chi connectivity index (χ4v) is 4.19. The second-order valence-electron chi connectivity index (χ2n) is 7.55. The molecule has 7 heteroatoms. The number of aromatic nitrogens is 3. The van der Waals surface area contributed by atoms with Crippen LogP contribution in [0.1, 0.15) is 48.8 Å². The van der Waals surface area contributed by atoms with Crippen LogP contribution in [0.5, 0.6) is 0 Å². The van der Waals surface area contributed by atoms with E-state index >= 15 is 0 Å². The van der Waals surface area contributed by atoms with Crippen LogP contribution in [0.3, 0.4) is 0 Å². The highest BCUT2D eigenvalue weighted by molar-refractivity contribution is 6.21. The van der Waals surface area contributed by atoms with E-state index in [-0.39, 0.29) is 17.9 Å². The Morgan fingerprint density at radius 3 is 2.50 bits per heavy atom. The summed E-state index contributed by atoms with van der Waals surface area (Å²) in [7, 11) is 1.67. The lowest BCUT2D eigenvalue weighted by atomic mass is 9.78. The van der Waals surface area contributed by atoms with Crippen LogP contribution in [0.15, 0.2) is 34.3 Å². The molecule has 7 nitrogen and oxygen atoms in total. The molecule has 0 saturated heterocycles. The van der Waals surface area contributed by atoms with Gasteiger partial charge in [0.1, 0.15) is 18.5 Å². The summed E-state index contributed by atoms with van der Waals surface area (Å²) in [5.74, 6) is 2.24. The zero-order chi connectivity index (χ0) is 19.5. The molecule has 0 radical (unpaired) electrons. The van der Waals surface area contributed by atoms with Crippen LogP contribution in [0.4, 0.5) is 0 Å². The van der Waals surface area contributed by atoms with Gasteiger partial charge in [-0.15, -0.1) is 10.2 Å². The summed E-state index contributed by atoms with van der Waals surface area (Å²) < 4.78 is 7.46. The first-order chi connectivity index (χ1) is 13.7. The maximum atomic E-state index is 12.0. The molecule has 1 aliphatic carbocycles. The molecule has 146 valence electrons. The third-order valence-corrected chi connectivity index (χ3v) is 5.67. The summed E-state index contributed by atoms with van der Waals surface area (Å²) in [6.07, 6.45) is 6.92. The van der Waals surface area contributed by atoms with E-state index in [0.29, 0.717) is 12.5 Å². The summed E-state index contributed by atoms with van der Waals surface area (Å²) in [6, 6.07) is 8.07. The van der Waals surface area contributed by atoms with E-state index < -0.39 is 0 Å². The number of hydrogen-bond donors (Lipinski definition) is 0. The molecule has 0 N–H and O–H groups in total. The molecule has 1 saturated carbocycles. The number of methoxy groups -OCH3 is 1. The Labute approximate surface area is 164 Å². The van der Waals surface area contributed by atoms with Crippen LogP contribution in [-0.2, 0) is 16.1 Å². The standard InChI is InChI=1S/C21H25N5O2/c1-14-3-9-17(10-4-14)26-18(13-28-2)24-25-20(26)16-7-5-15(6-8-16)19-21(27)23-12-11-22-19/h3-4,9-12,15-16,19H,5-8,13H2,1-2H3/t15-,16-,19?. The van der Waals surface area contributed by atoms with Gasteiger partial charge < -0.3 is 4.74 Å². The van der Waals surface area contributed by atoms with Gasteiger partial charge >= 0.3 is 0 Å². The normalized spacial score (nSPS) is 24.6. The second-order valence-corrected chi connectivity index (χ2v) is 7.55. The van der Waals surface area contributed by atoms with Gasteiger partial charge in [0.25, 0.3) is 5.91 Å². The molecule has 2 aliphatic rings. The number of ether oxygens (including phenoxy) is 1. The average Bonchev–Trinajstić information content (AvgIpc) is 3.13. The molecule has 1 aromatic heterocycles. The second kappa shape index (κ2) is 8.14. The number of benzene rings is 1. The Morgan fingerprint density at radius 2 is 1.82 bits per heavy atom. The first kappa shape index (κ1) is 18.7. The van der Waals surface area contributed by atoms with Gasteiger partial charge in [-0.3, -0.25) is 14.4 Å². The first-order valence-electron chi connectivity index (χ1n) is 9.77. The highest BCUT2D eigenvalue weighted by Gasteiger charge is 2.34. The SMILES string of the molecule is COCc1nnc([C@H]2CC[C@H](C3N=CC=NC3=O)CC2)n1-c1ccc(C)cc1. The van der Waals surface area contributed by atoms with Gasteiger partial charge in [0.2, 0.25) is 0 Å². The highest BCUT2D eigenvalue weighted by Crippen LogP contribution is 2.38. The minimum Gasteiger partial charge on any atom is -0.377 e. The van der Waals surface area contributed by atoms with Crippen LogP contribution in [0.2, 0.25) is 0 Å². The Kier molecular flexibility index (Phi) is 5.43. The molecule has 1 fully saturated rings. The summed E-state index contributed by atoms with van der Waals surface area (Å²) in [5, 5.41) is 8.91. The molecular formula is C21H25N5O2. The predicted octanol–water partition coefficient (Wildman–Crippen LogP) is 3.05. The smallest absolute Gasteiger partial charge is 0.270 e. The fourth-order valence-electron chi connectivity index (χ4n) is 4.19. The van der Waals surface area contributed by atoms with E-state index in [1.807, 2.05) is 0 Å². The Morgan fingerprint density at radius 1 is 1.07 bits per heavy atom. The third kappa shape index (κ3) is 3.67. The monoisotopic (exact) mass is 379 g/mol. The quantitative estimate of drug-likeness (QED) is 0.799. The van der Waals surface area contributed by atoms with Crippen molar-refractivity contribution in [3.05, 3.63) is 41.5 Å². The van der Waals surface area contributed by atoms with Crippen molar-refractivity contribution in [3.8, 4) is 5.69 Å². The van der Waals surface area contributed by atoms with Crippen molar-refractivity contribution in [2.75, 3.05) is 7.11 Å². The van der Waals surface area contributed by atoms with Gasteiger partial charge in [0.05, 0.1) is 0 Å². The Bertz CT molecular complexity index is 892. The van der Waals surface area contributed by atoms with Crippen molar-refractivity contribution in [2.45, 2.75) is 51.2 Å². The number of carbonyl (C=O) groups is 1. The average molecular weight is 379 g/mol. The maximum Gasteiger partial charge on any atom is 0.270 e. The van der Waals surface area contributed by atoms with Crippen molar-refractivity contribution in [1.29, 1.82) is 0 Å². The lowest BCUT2D eigenvalue weighted by Gasteiger charge is -2.31. The molecule has 0 bridgehead atoms. The lowest BCUT2D eigenvalue weighted by molar-refractivity contribution is -0.120. The van der Waals surface area contributed by atoms with Gasteiger partial charge in [-0.25, -0.2) is 4.99 Å². The van der Waals surface area contributed by atoms with Crippen LogP contribution in [0.25, 0.3) is 5.69 Å². The molecule has 0 spiro atoms. The number of nitrogens with zero attached hydrogens (tertiary/aromatic N) is 5. The molecule has 1 atom stereocenters. The number of carbonyl (C=O) groups excluding carboxylic acids is 1. The predicted molar refractivity (Wildman–Crippen MR) is 107 cm³/mol. The zero-order valence-electron chi connectivity index (χ0n) is 16.3. The number of rotatable bonds is 5. The van der Waals surface area contributed by atoms with Gasteiger partial charge in [-0.2, -0.15) is 0 Å². The van der Waals surface area contributed by atoms with Gasteiger partial charge in [-0.1, -0.05) is 17.7 Å². The van der Waals surface area contributed by atoms with Crippen molar-refractivity contribution >= 4 is 18.3 Å².